The molecule has 0 saturated carbocycles. The van der Waals surface area contributed by atoms with Gasteiger partial charge in [0, 0.05) is 10.0 Å². The van der Waals surface area contributed by atoms with Crippen molar-refractivity contribution in [1.82, 2.24) is 0 Å². The third kappa shape index (κ3) is 3.92. The highest BCUT2D eigenvalue weighted by atomic mass is 79.9. The van der Waals surface area contributed by atoms with E-state index in [1.807, 2.05) is 37.3 Å². The number of hydrogen-bond acceptors (Lipinski definition) is 4. The molecule has 3 nitrogen and oxygen atoms in total. The highest BCUT2D eigenvalue weighted by Crippen LogP contribution is 2.38. The second kappa shape index (κ2) is 7.91. The van der Waals surface area contributed by atoms with Crippen molar-refractivity contribution >= 4 is 73.5 Å². The van der Waals surface area contributed by atoms with Gasteiger partial charge in [-0.05, 0) is 53.2 Å². The van der Waals surface area contributed by atoms with Crippen LogP contribution in [0.4, 0.5) is 5.69 Å². The molecule has 0 unspecified atom stereocenters. The van der Waals surface area contributed by atoms with Gasteiger partial charge in [0.05, 0.1) is 22.2 Å². The van der Waals surface area contributed by atoms with Crippen molar-refractivity contribution in [3.63, 3.8) is 0 Å². The summed E-state index contributed by atoms with van der Waals surface area (Å²) in [6.45, 7) is 2.48. The largest absolute Gasteiger partial charge is 0.493 e. The van der Waals surface area contributed by atoms with E-state index in [0.717, 1.165) is 15.8 Å². The molecule has 0 atom stereocenters. The number of benzene rings is 2. The van der Waals surface area contributed by atoms with Crippen LogP contribution in [0.2, 0.25) is 5.02 Å². The van der Waals surface area contributed by atoms with Crippen LogP contribution >= 0.6 is 51.5 Å². The molecule has 1 heterocycles. The van der Waals surface area contributed by atoms with Gasteiger partial charge in [0.15, 0.2) is 4.32 Å². The topological polar surface area (TPSA) is 29.5 Å². The molecule has 7 heteroatoms. The second-order valence-corrected chi connectivity index (χ2v) is 8.02. The van der Waals surface area contributed by atoms with Gasteiger partial charge < -0.3 is 4.74 Å². The second-order valence-electron chi connectivity index (χ2n) is 5.09. The van der Waals surface area contributed by atoms with Crippen LogP contribution in [0.25, 0.3) is 6.08 Å². The summed E-state index contributed by atoms with van der Waals surface area (Å²) >= 11 is 16.2. The van der Waals surface area contributed by atoms with E-state index < -0.39 is 0 Å². The number of halogens is 2. The lowest BCUT2D eigenvalue weighted by molar-refractivity contribution is -0.113. The molecular formula is C18H13BrClNO2S2. The fraction of sp³-hybridized carbons (Fsp3) is 0.111. The van der Waals surface area contributed by atoms with Crippen LogP contribution in [0.5, 0.6) is 5.75 Å². The van der Waals surface area contributed by atoms with Crippen molar-refractivity contribution in [1.29, 1.82) is 0 Å². The van der Waals surface area contributed by atoms with Crippen LogP contribution in [0.15, 0.2) is 51.8 Å². The SMILES string of the molecule is CCOc1ccccc1/C=C1/SC(=S)N(c2ccc(Br)c(Cl)c2)C1=O. The van der Waals surface area contributed by atoms with E-state index in [0.29, 0.717) is 26.5 Å². The minimum Gasteiger partial charge on any atom is -0.493 e. The molecule has 0 N–H and O–H groups in total. The lowest BCUT2D eigenvalue weighted by Gasteiger charge is -2.15. The van der Waals surface area contributed by atoms with Gasteiger partial charge >= 0.3 is 0 Å². The van der Waals surface area contributed by atoms with Crippen molar-refractivity contribution in [2.45, 2.75) is 6.92 Å². The van der Waals surface area contributed by atoms with E-state index in [1.165, 1.54) is 16.7 Å². The number of carbonyl (C=O) groups is 1. The Hall–Kier alpha value is -1.34. The summed E-state index contributed by atoms with van der Waals surface area (Å²) in [4.78, 5) is 14.9. The van der Waals surface area contributed by atoms with Gasteiger partial charge in [-0.1, -0.05) is 53.8 Å². The molecule has 1 aliphatic heterocycles. The van der Waals surface area contributed by atoms with Crippen LogP contribution < -0.4 is 9.64 Å². The predicted molar refractivity (Wildman–Crippen MR) is 112 cm³/mol. The number of anilines is 1. The third-order valence-corrected chi connectivity index (χ3v) is 6.00. The van der Waals surface area contributed by atoms with Crippen molar-refractivity contribution in [2.24, 2.45) is 0 Å². The Morgan fingerprint density at radius 2 is 2.08 bits per heavy atom. The first kappa shape index (κ1) is 18.5. The van der Waals surface area contributed by atoms with Gasteiger partial charge in [0.2, 0.25) is 0 Å². The molecule has 0 aromatic heterocycles. The van der Waals surface area contributed by atoms with Gasteiger partial charge in [-0.2, -0.15) is 0 Å². The Bertz CT molecular complexity index is 885. The number of thioether (sulfide) groups is 1. The van der Waals surface area contributed by atoms with Crippen molar-refractivity contribution in [3.8, 4) is 5.75 Å². The quantitative estimate of drug-likeness (QED) is 0.424. The van der Waals surface area contributed by atoms with E-state index in [2.05, 4.69) is 15.9 Å². The van der Waals surface area contributed by atoms with Gasteiger partial charge in [-0.25, -0.2) is 0 Å². The van der Waals surface area contributed by atoms with Crippen molar-refractivity contribution in [3.05, 3.63) is 62.4 Å². The lowest BCUT2D eigenvalue weighted by Crippen LogP contribution is -2.27. The number of carbonyl (C=O) groups excluding carboxylic acids is 1. The van der Waals surface area contributed by atoms with E-state index >= 15 is 0 Å². The average Bonchev–Trinajstić information content (AvgIpc) is 2.86. The maximum atomic E-state index is 12.8. The number of ether oxygens (including phenoxy) is 1. The lowest BCUT2D eigenvalue weighted by atomic mass is 10.2. The van der Waals surface area contributed by atoms with E-state index in [-0.39, 0.29) is 5.91 Å². The molecule has 1 saturated heterocycles. The molecule has 0 radical (unpaired) electrons. The minimum atomic E-state index is -0.167. The minimum absolute atomic E-state index is 0.167. The standard InChI is InChI=1S/C18H13BrClNO2S2/c1-2-23-15-6-4-3-5-11(15)9-16-17(22)21(18(24)25-16)12-7-8-13(19)14(20)10-12/h3-10H,2H2,1H3/b16-9+. The molecule has 2 aromatic rings. The molecule has 128 valence electrons. The Morgan fingerprint density at radius 3 is 2.80 bits per heavy atom. The van der Waals surface area contributed by atoms with Gasteiger partial charge in [0.25, 0.3) is 5.91 Å². The van der Waals surface area contributed by atoms with Crippen molar-refractivity contribution < 1.29 is 9.53 Å². The fourth-order valence-electron chi connectivity index (χ4n) is 2.34. The zero-order valence-corrected chi connectivity index (χ0v) is 17.1. The molecule has 25 heavy (non-hydrogen) atoms. The smallest absolute Gasteiger partial charge is 0.270 e. The van der Waals surface area contributed by atoms with Crippen LogP contribution in [-0.2, 0) is 4.79 Å². The maximum absolute atomic E-state index is 12.8. The summed E-state index contributed by atoms with van der Waals surface area (Å²) in [5, 5.41) is 0.525. The summed E-state index contributed by atoms with van der Waals surface area (Å²) in [6, 6.07) is 12.9. The molecule has 0 bridgehead atoms. The Kier molecular flexibility index (Phi) is 5.84. The zero-order valence-electron chi connectivity index (χ0n) is 13.2. The summed E-state index contributed by atoms with van der Waals surface area (Å²) < 4.78 is 6.86. The van der Waals surface area contributed by atoms with Crippen LogP contribution in [-0.4, -0.2) is 16.8 Å². The third-order valence-electron chi connectivity index (χ3n) is 3.46. The Balaban J connectivity index is 1.95. The molecule has 0 spiro atoms. The van der Waals surface area contributed by atoms with Crippen molar-refractivity contribution in [2.75, 3.05) is 11.5 Å². The number of para-hydroxylation sites is 1. The Morgan fingerprint density at radius 1 is 1.32 bits per heavy atom. The van der Waals surface area contributed by atoms with E-state index in [9.17, 15) is 4.79 Å². The number of hydrogen-bond donors (Lipinski definition) is 0. The van der Waals surface area contributed by atoms with E-state index in [1.54, 1.807) is 18.2 Å². The maximum Gasteiger partial charge on any atom is 0.270 e. The zero-order chi connectivity index (χ0) is 18.0. The summed E-state index contributed by atoms with van der Waals surface area (Å²) in [5.41, 5.74) is 1.50. The summed E-state index contributed by atoms with van der Waals surface area (Å²) in [7, 11) is 0. The normalized spacial score (nSPS) is 16.0. The van der Waals surface area contributed by atoms with Gasteiger partial charge in [0.1, 0.15) is 5.75 Å². The van der Waals surface area contributed by atoms with E-state index in [4.69, 9.17) is 28.6 Å². The molecular weight excluding hydrogens is 442 g/mol. The number of amides is 1. The van der Waals surface area contributed by atoms with Gasteiger partial charge in [-0.15, -0.1) is 0 Å². The number of rotatable bonds is 4. The van der Waals surface area contributed by atoms with Crippen LogP contribution in [0, 0.1) is 0 Å². The van der Waals surface area contributed by atoms with Crippen LogP contribution in [0.1, 0.15) is 12.5 Å². The highest BCUT2D eigenvalue weighted by molar-refractivity contribution is 9.10. The average molecular weight is 455 g/mol. The Labute approximate surface area is 169 Å². The molecule has 1 fully saturated rings. The molecule has 3 rings (SSSR count). The van der Waals surface area contributed by atoms with Gasteiger partial charge in [-0.3, -0.25) is 9.69 Å². The predicted octanol–water partition coefficient (Wildman–Crippen LogP) is 5.91. The first-order valence-corrected chi connectivity index (χ1v) is 9.85. The molecule has 0 aliphatic carbocycles. The number of nitrogens with zero attached hydrogens (tertiary/aromatic N) is 1. The number of thiocarbonyl (C=S) groups is 1. The molecule has 2 aromatic carbocycles. The monoisotopic (exact) mass is 453 g/mol. The highest BCUT2D eigenvalue weighted by Gasteiger charge is 2.33. The fourth-order valence-corrected chi connectivity index (χ4v) is 4.05. The summed E-state index contributed by atoms with van der Waals surface area (Å²) in [6.07, 6.45) is 1.81. The first-order valence-electron chi connectivity index (χ1n) is 7.46. The molecule has 1 aliphatic rings. The summed E-state index contributed by atoms with van der Waals surface area (Å²) in [5.74, 6) is 0.571. The molecule has 1 amide bonds. The first-order chi connectivity index (χ1) is 12.0. The van der Waals surface area contributed by atoms with Crippen LogP contribution in [0.3, 0.4) is 0 Å².